The zero-order chi connectivity index (χ0) is 19.0. The summed E-state index contributed by atoms with van der Waals surface area (Å²) in [6, 6.07) is 7.70. The molecule has 0 atom stereocenters. The number of rotatable bonds is 4. The number of hydrogen-bond donors (Lipinski definition) is 2. The van der Waals surface area contributed by atoms with Crippen molar-refractivity contribution in [3.63, 3.8) is 0 Å². The Morgan fingerprint density at radius 2 is 2.07 bits per heavy atom. The van der Waals surface area contributed by atoms with Gasteiger partial charge in [-0.3, -0.25) is 14.5 Å². The second-order valence-corrected chi connectivity index (χ2v) is 7.50. The number of furan rings is 1. The molecule has 0 aliphatic carbocycles. The van der Waals surface area contributed by atoms with Crippen molar-refractivity contribution in [2.45, 2.75) is 39.3 Å². The van der Waals surface area contributed by atoms with Gasteiger partial charge in [0, 0.05) is 17.3 Å². The number of amides is 1. The number of benzene rings is 1. The van der Waals surface area contributed by atoms with E-state index in [0.717, 1.165) is 31.3 Å². The van der Waals surface area contributed by atoms with E-state index >= 15 is 0 Å². The number of likely N-dealkylation sites (tertiary alicyclic amines) is 1. The minimum absolute atomic E-state index is 0.0657. The van der Waals surface area contributed by atoms with Crippen molar-refractivity contribution in [3.05, 3.63) is 40.4 Å². The lowest BCUT2D eigenvalue weighted by Gasteiger charge is -2.31. The lowest BCUT2D eigenvalue weighted by Crippen LogP contribution is -2.42. The highest BCUT2D eigenvalue weighted by Gasteiger charge is 2.25. The van der Waals surface area contributed by atoms with Gasteiger partial charge in [-0.25, -0.2) is 4.98 Å². The number of carbonyl (C=O) groups is 1. The summed E-state index contributed by atoms with van der Waals surface area (Å²) in [5.41, 5.74) is 1.29. The maximum Gasteiger partial charge on any atom is 0.294 e. The first-order chi connectivity index (χ1) is 13.0. The van der Waals surface area contributed by atoms with Gasteiger partial charge in [0.1, 0.15) is 16.9 Å². The van der Waals surface area contributed by atoms with Crippen LogP contribution in [-0.4, -0.2) is 39.9 Å². The fourth-order valence-corrected chi connectivity index (χ4v) is 3.69. The molecule has 0 bridgehead atoms. The van der Waals surface area contributed by atoms with E-state index in [9.17, 15) is 9.59 Å². The first kappa shape index (κ1) is 17.7. The zero-order valence-electron chi connectivity index (χ0n) is 15.6. The number of nitrogens with one attached hydrogen (secondary N) is 2. The maximum atomic E-state index is 12.4. The van der Waals surface area contributed by atoms with Crippen LogP contribution in [0.2, 0.25) is 0 Å². The van der Waals surface area contributed by atoms with Crippen LogP contribution in [0.25, 0.3) is 22.1 Å². The van der Waals surface area contributed by atoms with E-state index in [1.165, 1.54) is 0 Å². The van der Waals surface area contributed by atoms with Gasteiger partial charge in [-0.15, -0.1) is 0 Å². The molecule has 142 valence electrons. The van der Waals surface area contributed by atoms with Gasteiger partial charge in [-0.05, 0) is 51.9 Å². The quantitative estimate of drug-likeness (QED) is 0.738. The van der Waals surface area contributed by atoms with Crippen molar-refractivity contribution >= 4 is 28.0 Å². The van der Waals surface area contributed by atoms with Crippen molar-refractivity contribution in [2.24, 2.45) is 5.92 Å². The third kappa shape index (κ3) is 3.60. The molecular formula is C20H24N4O3. The molecule has 3 heterocycles. The molecule has 2 aromatic heterocycles. The molecule has 7 heteroatoms. The maximum absolute atomic E-state index is 12.4. The van der Waals surface area contributed by atoms with Crippen molar-refractivity contribution < 1.29 is 9.21 Å². The third-order valence-electron chi connectivity index (χ3n) is 5.04. The van der Waals surface area contributed by atoms with Crippen LogP contribution >= 0.6 is 0 Å². The molecule has 0 radical (unpaired) electrons. The Bertz CT molecular complexity index is 1030. The Hall–Kier alpha value is -2.67. The van der Waals surface area contributed by atoms with Crippen LogP contribution in [0.3, 0.4) is 0 Å². The highest BCUT2D eigenvalue weighted by molar-refractivity contribution is 6.01. The van der Waals surface area contributed by atoms with E-state index in [-0.39, 0.29) is 29.0 Å². The number of aromatic nitrogens is 2. The topological polar surface area (TPSA) is 91.2 Å². The van der Waals surface area contributed by atoms with E-state index in [0.29, 0.717) is 23.5 Å². The molecule has 4 rings (SSSR count). The van der Waals surface area contributed by atoms with Crippen LogP contribution in [0.5, 0.6) is 0 Å². The molecule has 1 aliphatic heterocycles. The molecule has 3 aromatic rings. The van der Waals surface area contributed by atoms with E-state index in [1.807, 2.05) is 38.1 Å². The lowest BCUT2D eigenvalue weighted by atomic mass is 9.95. The molecule has 0 unspecified atom stereocenters. The molecular weight excluding hydrogens is 344 g/mol. The Morgan fingerprint density at radius 1 is 1.33 bits per heavy atom. The van der Waals surface area contributed by atoms with Crippen molar-refractivity contribution in [1.82, 2.24) is 20.2 Å². The van der Waals surface area contributed by atoms with Crippen LogP contribution in [-0.2, 0) is 11.3 Å². The summed E-state index contributed by atoms with van der Waals surface area (Å²) in [6.45, 7) is 6.13. The van der Waals surface area contributed by atoms with Gasteiger partial charge in [0.05, 0.1) is 6.54 Å². The number of carbonyl (C=O) groups excluding carboxylic acids is 1. The van der Waals surface area contributed by atoms with E-state index in [1.54, 1.807) is 0 Å². The molecule has 0 spiro atoms. The summed E-state index contributed by atoms with van der Waals surface area (Å²) >= 11 is 0. The SMILES string of the molecule is CC(C)NC(=O)C1CCN(Cc2nc3c(oc4ccccc43)c(=O)[nH]2)CC1. The van der Waals surface area contributed by atoms with Gasteiger partial charge < -0.3 is 14.7 Å². The fourth-order valence-electron chi connectivity index (χ4n) is 3.69. The third-order valence-corrected chi connectivity index (χ3v) is 5.04. The highest BCUT2D eigenvalue weighted by atomic mass is 16.3. The van der Waals surface area contributed by atoms with Gasteiger partial charge >= 0.3 is 0 Å². The van der Waals surface area contributed by atoms with Gasteiger partial charge in [0.2, 0.25) is 11.5 Å². The van der Waals surface area contributed by atoms with Gasteiger partial charge in [-0.1, -0.05) is 12.1 Å². The summed E-state index contributed by atoms with van der Waals surface area (Å²) in [4.78, 5) is 34.3. The Balaban J connectivity index is 1.49. The van der Waals surface area contributed by atoms with Crippen LogP contribution in [0.4, 0.5) is 0 Å². The van der Waals surface area contributed by atoms with E-state index in [4.69, 9.17) is 4.42 Å². The molecule has 27 heavy (non-hydrogen) atoms. The highest BCUT2D eigenvalue weighted by Crippen LogP contribution is 2.25. The van der Waals surface area contributed by atoms with Gasteiger partial charge in [-0.2, -0.15) is 0 Å². The summed E-state index contributed by atoms with van der Waals surface area (Å²) in [7, 11) is 0. The predicted molar refractivity (Wildman–Crippen MR) is 103 cm³/mol. The molecule has 1 amide bonds. The average molecular weight is 368 g/mol. The Labute approximate surface area is 156 Å². The molecule has 2 N–H and O–H groups in total. The van der Waals surface area contributed by atoms with Crippen LogP contribution in [0.1, 0.15) is 32.5 Å². The lowest BCUT2D eigenvalue weighted by molar-refractivity contribution is -0.127. The van der Waals surface area contributed by atoms with Crippen molar-refractivity contribution in [3.8, 4) is 0 Å². The number of aromatic amines is 1. The molecule has 7 nitrogen and oxygen atoms in total. The normalized spacial score (nSPS) is 16.4. The number of H-pyrrole nitrogens is 1. The number of piperidine rings is 1. The fraction of sp³-hybridized carbons (Fsp3) is 0.450. The second kappa shape index (κ2) is 7.15. The number of fused-ring (bicyclic) bond motifs is 3. The minimum Gasteiger partial charge on any atom is -0.449 e. The molecule has 1 saturated heterocycles. The number of hydrogen-bond acceptors (Lipinski definition) is 5. The predicted octanol–water partition coefficient (Wildman–Crippen LogP) is 2.41. The van der Waals surface area contributed by atoms with E-state index < -0.39 is 0 Å². The standard InChI is InChI=1S/C20H24N4O3/c1-12(2)21-19(25)13-7-9-24(10-8-13)11-16-22-17-14-5-3-4-6-15(14)27-18(17)20(26)23-16/h3-6,12-13H,7-11H2,1-2H3,(H,21,25)(H,22,23,26). The smallest absolute Gasteiger partial charge is 0.294 e. The minimum atomic E-state index is -0.252. The monoisotopic (exact) mass is 368 g/mol. The number of nitrogens with zero attached hydrogens (tertiary/aromatic N) is 2. The van der Waals surface area contributed by atoms with Gasteiger partial charge in [0.25, 0.3) is 5.56 Å². The van der Waals surface area contributed by atoms with Crippen molar-refractivity contribution in [2.75, 3.05) is 13.1 Å². The largest absolute Gasteiger partial charge is 0.449 e. The summed E-state index contributed by atoms with van der Waals surface area (Å²) in [5.74, 6) is 0.836. The first-order valence-electron chi connectivity index (χ1n) is 9.44. The van der Waals surface area contributed by atoms with Crippen LogP contribution < -0.4 is 10.9 Å². The molecule has 1 aliphatic rings. The Morgan fingerprint density at radius 3 is 2.81 bits per heavy atom. The summed E-state index contributed by atoms with van der Waals surface area (Å²) in [5, 5.41) is 3.84. The van der Waals surface area contributed by atoms with Crippen LogP contribution in [0.15, 0.2) is 33.5 Å². The van der Waals surface area contributed by atoms with E-state index in [2.05, 4.69) is 20.2 Å². The van der Waals surface area contributed by atoms with Gasteiger partial charge in [0.15, 0.2) is 0 Å². The molecule has 0 saturated carbocycles. The van der Waals surface area contributed by atoms with Crippen LogP contribution in [0, 0.1) is 5.92 Å². The Kier molecular flexibility index (Phi) is 4.70. The summed E-state index contributed by atoms with van der Waals surface area (Å²) in [6.07, 6.45) is 1.64. The first-order valence-corrected chi connectivity index (χ1v) is 9.44. The second-order valence-electron chi connectivity index (χ2n) is 7.50. The number of para-hydroxylation sites is 1. The zero-order valence-corrected chi connectivity index (χ0v) is 15.6. The molecule has 1 aromatic carbocycles. The van der Waals surface area contributed by atoms with Crippen molar-refractivity contribution in [1.29, 1.82) is 0 Å². The molecule has 1 fully saturated rings. The average Bonchev–Trinajstić information content (AvgIpc) is 3.01. The summed E-state index contributed by atoms with van der Waals surface area (Å²) < 4.78 is 5.64.